The second-order valence-electron chi connectivity index (χ2n) is 6.35. The molecule has 0 saturated carbocycles. The summed E-state index contributed by atoms with van der Waals surface area (Å²) in [6.45, 7) is 5.18. The van der Waals surface area contributed by atoms with Crippen LogP contribution in [0.15, 0.2) is 59.0 Å². The summed E-state index contributed by atoms with van der Waals surface area (Å²) in [6.07, 6.45) is 0. The zero-order chi connectivity index (χ0) is 17.1. The summed E-state index contributed by atoms with van der Waals surface area (Å²) in [6, 6.07) is 18.9. The van der Waals surface area contributed by atoms with Crippen molar-refractivity contribution in [3.05, 3.63) is 66.1 Å². The van der Waals surface area contributed by atoms with E-state index in [9.17, 15) is 0 Å². The van der Waals surface area contributed by atoms with Gasteiger partial charge in [0.1, 0.15) is 5.76 Å². The molecule has 4 heteroatoms. The molecule has 0 spiro atoms. The van der Waals surface area contributed by atoms with Gasteiger partial charge in [0.05, 0.1) is 5.69 Å². The molecule has 1 fully saturated rings. The van der Waals surface area contributed by atoms with Crippen LogP contribution in [-0.4, -0.2) is 34.5 Å². The highest BCUT2D eigenvalue weighted by Gasteiger charge is 2.16. The molecule has 3 aromatic rings. The smallest absolute Gasteiger partial charge is 0.226 e. The first-order valence-corrected chi connectivity index (χ1v) is 9.87. The zero-order valence-corrected chi connectivity index (χ0v) is 15.3. The lowest BCUT2D eigenvalue weighted by molar-refractivity contribution is 0.289. The normalized spacial score (nSPS) is 15.4. The molecule has 3 nitrogen and oxygen atoms in total. The number of hydrogen-bond acceptors (Lipinski definition) is 4. The molecule has 0 aliphatic carbocycles. The number of nitrogens with zero attached hydrogens (tertiary/aromatic N) is 2. The van der Waals surface area contributed by atoms with Gasteiger partial charge in [-0.15, -0.1) is 0 Å². The van der Waals surface area contributed by atoms with Crippen molar-refractivity contribution in [3.63, 3.8) is 0 Å². The quantitative estimate of drug-likeness (QED) is 0.671. The van der Waals surface area contributed by atoms with Crippen LogP contribution in [-0.2, 0) is 6.54 Å². The van der Waals surface area contributed by atoms with Crippen molar-refractivity contribution >= 4 is 11.8 Å². The molecule has 0 amide bonds. The molecule has 128 valence electrons. The van der Waals surface area contributed by atoms with Crippen LogP contribution in [0.5, 0.6) is 0 Å². The number of thioether (sulfide) groups is 1. The Kier molecular flexibility index (Phi) is 4.90. The molecule has 2 aromatic carbocycles. The van der Waals surface area contributed by atoms with Gasteiger partial charge < -0.3 is 4.42 Å². The van der Waals surface area contributed by atoms with Gasteiger partial charge in [0, 0.05) is 36.7 Å². The van der Waals surface area contributed by atoms with Gasteiger partial charge >= 0.3 is 0 Å². The Morgan fingerprint density at radius 2 is 1.56 bits per heavy atom. The molecule has 1 aromatic heterocycles. The van der Waals surface area contributed by atoms with Crippen LogP contribution >= 0.6 is 11.8 Å². The van der Waals surface area contributed by atoms with Crippen LogP contribution < -0.4 is 0 Å². The van der Waals surface area contributed by atoms with E-state index in [0.717, 1.165) is 42.5 Å². The van der Waals surface area contributed by atoms with E-state index < -0.39 is 0 Å². The lowest BCUT2D eigenvalue weighted by Gasteiger charge is -2.25. The minimum absolute atomic E-state index is 0.721. The Hall–Kier alpha value is -2.04. The van der Waals surface area contributed by atoms with Crippen molar-refractivity contribution in [1.82, 2.24) is 9.88 Å². The summed E-state index contributed by atoms with van der Waals surface area (Å²) in [5.41, 5.74) is 4.53. The molecule has 1 saturated heterocycles. The van der Waals surface area contributed by atoms with Crippen LogP contribution in [0.2, 0.25) is 0 Å². The third-order valence-electron chi connectivity index (χ3n) is 4.61. The van der Waals surface area contributed by atoms with Crippen molar-refractivity contribution in [3.8, 4) is 22.6 Å². The fourth-order valence-corrected chi connectivity index (χ4v) is 4.08. The van der Waals surface area contributed by atoms with E-state index in [1.807, 2.05) is 24.8 Å². The minimum atomic E-state index is 0.721. The molecule has 0 N–H and O–H groups in total. The predicted molar refractivity (Wildman–Crippen MR) is 105 cm³/mol. The minimum Gasteiger partial charge on any atom is -0.441 e. The molecule has 2 heterocycles. The second kappa shape index (κ2) is 7.46. The summed E-state index contributed by atoms with van der Waals surface area (Å²) in [4.78, 5) is 7.22. The summed E-state index contributed by atoms with van der Waals surface area (Å²) < 4.78 is 5.94. The fraction of sp³-hybridized carbons (Fsp3) is 0.286. The van der Waals surface area contributed by atoms with E-state index in [-0.39, 0.29) is 0 Å². The van der Waals surface area contributed by atoms with Crippen LogP contribution in [0.4, 0.5) is 0 Å². The monoisotopic (exact) mass is 350 g/mol. The van der Waals surface area contributed by atoms with Gasteiger partial charge in [0.2, 0.25) is 5.89 Å². The van der Waals surface area contributed by atoms with Crippen molar-refractivity contribution in [2.75, 3.05) is 24.6 Å². The van der Waals surface area contributed by atoms with E-state index in [4.69, 9.17) is 9.40 Å². The molecule has 25 heavy (non-hydrogen) atoms. The van der Waals surface area contributed by atoms with Crippen LogP contribution in [0, 0.1) is 6.92 Å². The van der Waals surface area contributed by atoms with Crippen molar-refractivity contribution < 1.29 is 4.42 Å². The Morgan fingerprint density at radius 3 is 2.28 bits per heavy atom. The first-order valence-electron chi connectivity index (χ1n) is 8.72. The highest BCUT2D eigenvalue weighted by molar-refractivity contribution is 7.99. The fourth-order valence-electron chi connectivity index (χ4n) is 3.11. The Balaban J connectivity index is 1.53. The number of aromatic nitrogens is 1. The number of benzene rings is 2. The first kappa shape index (κ1) is 16.4. The summed E-state index contributed by atoms with van der Waals surface area (Å²) in [5, 5.41) is 0. The molecule has 4 rings (SSSR count). The van der Waals surface area contributed by atoms with E-state index in [2.05, 4.69) is 53.4 Å². The van der Waals surface area contributed by atoms with E-state index in [1.54, 1.807) is 0 Å². The molecule has 1 aliphatic heterocycles. The first-order chi connectivity index (χ1) is 12.3. The predicted octanol–water partition coefficient (Wildman–Crippen LogP) is 4.87. The number of hydrogen-bond donors (Lipinski definition) is 0. The highest BCUT2D eigenvalue weighted by atomic mass is 32.2. The van der Waals surface area contributed by atoms with E-state index >= 15 is 0 Å². The van der Waals surface area contributed by atoms with Crippen LogP contribution in [0.3, 0.4) is 0 Å². The number of rotatable bonds is 4. The standard InChI is InChI=1S/C21H22N2OS/c1-16-20(15-23-11-13-25-14-12-23)22-21(24-16)19-9-7-18(8-10-19)17-5-3-2-4-6-17/h2-10H,11-15H2,1H3. The molecule has 0 radical (unpaired) electrons. The molecule has 1 aliphatic rings. The van der Waals surface area contributed by atoms with Gasteiger partial charge in [0.15, 0.2) is 0 Å². The summed E-state index contributed by atoms with van der Waals surface area (Å²) in [7, 11) is 0. The van der Waals surface area contributed by atoms with Gasteiger partial charge in [-0.2, -0.15) is 11.8 Å². The maximum absolute atomic E-state index is 5.94. The average Bonchev–Trinajstić information content (AvgIpc) is 3.04. The number of oxazole rings is 1. The van der Waals surface area contributed by atoms with E-state index in [0.29, 0.717) is 0 Å². The summed E-state index contributed by atoms with van der Waals surface area (Å²) >= 11 is 2.03. The molecule has 0 atom stereocenters. The van der Waals surface area contributed by atoms with Crippen molar-refractivity contribution in [2.24, 2.45) is 0 Å². The highest BCUT2D eigenvalue weighted by Crippen LogP contribution is 2.26. The van der Waals surface area contributed by atoms with Crippen molar-refractivity contribution in [2.45, 2.75) is 13.5 Å². The molecule has 0 unspecified atom stereocenters. The second-order valence-corrected chi connectivity index (χ2v) is 7.58. The largest absolute Gasteiger partial charge is 0.441 e. The average molecular weight is 350 g/mol. The molecule has 0 bridgehead atoms. The van der Waals surface area contributed by atoms with Crippen molar-refractivity contribution in [1.29, 1.82) is 0 Å². The number of aryl methyl sites for hydroxylation is 1. The van der Waals surface area contributed by atoms with Crippen LogP contribution in [0.1, 0.15) is 11.5 Å². The molecular formula is C21H22N2OS. The topological polar surface area (TPSA) is 29.3 Å². The maximum atomic E-state index is 5.94. The Bertz CT molecular complexity index is 821. The third-order valence-corrected chi connectivity index (χ3v) is 5.55. The zero-order valence-electron chi connectivity index (χ0n) is 14.4. The maximum Gasteiger partial charge on any atom is 0.226 e. The lowest BCUT2D eigenvalue weighted by Crippen LogP contribution is -2.32. The van der Waals surface area contributed by atoms with E-state index in [1.165, 1.54) is 22.6 Å². The third kappa shape index (κ3) is 3.80. The van der Waals surface area contributed by atoms with Gasteiger partial charge in [0.25, 0.3) is 0 Å². The van der Waals surface area contributed by atoms with Gasteiger partial charge in [-0.05, 0) is 30.2 Å². The Labute approximate surface area is 153 Å². The van der Waals surface area contributed by atoms with Gasteiger partial charge in [-0.25, -0.2) is 4.98 Å². The summed E-state index contributed by atoms with van der Waals surface area (Å²) in [5.74, 6) is 4.08. The van der Waals surface area contributed by atoms with Crippen LogP contribution in [0.25, 0.3) is 22.6 Å². The van der Waals surface area contributed by atoms with Gasteiger partial charge in [-0.1, -0.05) is 42.5 Å². The van der Waals surface area contributed by atoms with Gasteiger partial charge in [-0.3, -0.25) is 4.90 Å². The SMILES string of the molecule is Cc1oc(-c2ccc(-c3ccccc3)cc2)nc1CN1CCSCC1. The Morgan fingerprint density at radius 1 is 0.920 bits per heavy atom. The molecular weight excluding hydrogens is 328 g/mol. The lowest BCUT2D eigenvalue weighted by atomic mass is 10.0.